The van der Waals surface area contributed by atoms with Crippen LogP contribution < -0.4 is 5.32 Å². The van der Waals surface area contributed by atoms with Crippen LogP contribution in [0.1, 0.15) is 36.8 Å². The monoisotopic (exact) mass is 453 g/mol. The summed E-state index contributed by atoms with van der Waals surface area (Å²) in [6.45, 7) is 0.964. The van der Waals surface area contributed by atoms with Gasteiger partial charge in [0.15, 0.2) is 0 Å². The van der Waals surface area contributed by atoms with Crippen molar-refractivity contribution in [1.29, 1.82) is 0 Å². The van der Waals surface area contributed by atoms with E-state index in [0.29, 0.717) is 37.9 Å². The van der Waals surface area contributed by atoms with Crippen LogP contribution >= 0.6 is 0 Å². The van der Waals surface area contributed by atoms with E-state index in [-0.39, 0.29) is 37.0 Å². The lowest BCUT2D eigenvalue weighted by Crippen LogP contribution is -2.59. The van der Waals surface area contributed by atoms with Gasteiger partial charge in [0.2, 0.25) is 11.8 Å². The molecule has 174 valence electrons. The minimum absolute atomic E-state index is 0.0374. The van der Waals surface area contributed by atoms with Crippen LogP contribution in [0.4, 0.5) is 4.39 Å². The van der Waals surface area contributed by atoms with Gasteiger partial charge in [0.05, 0.1) is 24.7 Å². The predicted octanol–water partition coefficient (Wildman–Crippen LogP) is 2.55. The summed E-state index contributed by atoms with van der Waals surface area (Å²) in [5.74, 6) is -1.63. The summed E-state index contributed by atoms with van der Waals surface area (Å²) < 4.78 is 14.4. The van der Waals surface area contributed by atoms with Gasteiger partial charge < -0.3 is 14.9 Å². The number of carbonyl (C=O) groups is 3. The molecule has 1 spiro atoms. The van der Waals surface area contributed by atoms with Gasteiger partial charge >= 0.3 is 5.97 Å². The number of carboxylic acid groups (broad SMARTS) is 1. The van der Waals surface area contributed by atoms with Gasteiger partial charge in [0.25, 0.3) is 0 Å². The Morgan fingerprint density at radius 1 is 1.03 bits per heavy atom. The molecule has 8 heteroatoms. The smallest absolute Gasteiger partial charge is 0.303 e. The van der Waals surface area contributed by atoms with Gasteiger partial charge in [-0.3, -0.25) is 19.7 Å². The van der Waals surface area contributed by atoms with Crippen LogP contribution in [0.15, 0.2) is 54.6 Å². The van der Waals surface area contributed by atoms with Crippen LogP contribution in [0.25, 0.3) is 0 Å². The number of halogens is 1. The van der Waals surface area contributed by atoms with Crippen LogP contribution in [0.5, 0.6) is 0 Å². The Kier molecular flexibility index (Phi) is 6.74. The highest BCUT2D eigenvalue weighted by atomic mass is 19.1. The van der Waals surface area contributed by atoms with E-state index in [2.05, 4.69) is 5.32 Å². The first-order valence-electron chi connectivity index (χ1n) is 11.2. The van der Waals surface area contributed by atoms with Crippen molar-refractivity contribution in [3.05, 3.63) is 71.5 Å². The molecule has 7 nitrogen and oxygen atoms in total. The molecule has 2 N–H and O–H groups in total. The van der Waals surface area contributed by atoms with E-state index in [9.17, 15) is 18.8 Å². The molecule has 2 amide bonds. The number of aliphatic carboxylic acids is 1. The summed E-state index contributed by atoms with van der Waals surface area (Å²) in [6.07, 6.45) is 1.28. The number of nitrogens with one attached hydrogen (secondary N) is 1. The predicted molar refractivity (Wildman–Crippen MR) is 119 cm³/mol. The molecule has 2 fully saturated rings. The number of nitrogens with zero attached hydrogens (tertiary/aromatic N) is 2. The van der Waals surface area contributed by atoms with Crippen LogP contribution in [0.3, 0.4) is 0 Å². The third kappa shape index (κ3) is 5.06. The maximum absolute atomic E-state index is 14.4. The largest absolute Gasteiger partial charge is 0.481 e. The molecule has 0 aromatic heterocycles. The van der Waals surface area contributed by atoms with Gasteiger partial charge in [-0.2, -0.15) is 0 Å². The van der Waals surface area contributed by atoms with Gasteiger partial charge in [-0.25, -0.2) is 4.39 Å². The Morgan fingerprint density at radius 2 is 1.70 bits per heavy atom. The highest BCUT2D eigenvalue weighted by molar-refractivity contribution is 5.86. The van der Waals surface area contributed by atoms with E-state index in [0.717, 1.165) is 5.56 Å². The highest BCUT2D eigenvalue weighted by Gasteiger charge is 2.51. The average Bonchev–Trinajstić information content (AvgIpc) is 3.05. The molecule has 2 heterocycles. The summed E-state index contributed by atoms with van der Waals surface area (Å²) in [7, 11) is 0. The number of benzene rings is 2. The minimum atomic E-state index is -1.00. The van der Waals surface area contributed by atoms with Crippen molar-refractivity contribution < 1.29 is 23.9 Å². The molecule has 0 aliphatic carbocycles. The fraction of sp³-hybridized carbons (Fsp3) is 0.400. The molecule has 0 bridgehead atoms. The zero-order valence-corrected chi connectivity index (χ0v) is 18.4. The lowest BCUT2D eigenvalue weighted by Gasteiger charge is -2.44. The van der Waals surface area contributed by atoms with Crippen LogP contribution in [0.2, 0.25) is 0 Å². The Labute approximate surface area is 192 Å². The molecule has 2 aromatic rings. The quantitative estimate of drug-likeness (QED) is 0.673. The number of piperidine rings is 1. The van der Waals surface area contributed by atoms with Crippen LogP contribution in [0, 0.1) is 5.82 Å². The standard InChI is InChI=1S/C25H28FN3O4/c26-20-9-5-4-8-19(20)17-29-24(33)21(16-18-6-2-1-3-7-18)27-25(29)12-14-28(15-13-25)22(30)10-11-23(31)32/h1-9,21,27H,10-17H2,(H,31,32). The number of hydrogen-bond acceptors (Lipinski definition) is 4. The van der Waals surface area contributed by atoms with Crippen molar-refractivity contribution in [3.8, 4) is 0 Å². The molecule has 2 aliphatic rings. The van der Waals surface area contributed by atoms with E-state index >= 15 is 0 Å². The molecule has 1 unspecified atom stereocenters. The molecule has 0 radical (unpaired) electrons. The molecule has 1 atom stereocenters. The lowest BCUT2D eigenvalue weighted by molar-refractivity contribution is -0.143. The summed E-state index contributed by atoms with van der Waals surface area (Å²) in [5.41, 5.74) is 0.808. The Hall–Kier alpha value is -3.26. The minimum Gasteiger partial charge on any atom is -0.481 e. The fourth-order valence-corrected chi connectivity index (χ4v) is 4.79. The third-order valence-corrected chi connectivity index (χ3v) is 6.59. The number of carbonyl (C=O) groups excluding carboxylic acids is 2. The molecule has 2 aromatic carbocycles. The first kappa shape index (κ1) is 22.9. The highest BCUT2D eigenvalue weighted by Crippen LogP contribution is 2.35. The van der Waals surface area contributed by atoms with Crippen molar-refractivity contribution in [2.24, 2.45) is 0 Å². The van der Waals surface area contributed by atoms with E-state index in [1.807, 2.05) is 30.3 Å². The maximum atomic E-state index is 14.4. The molecular weight excluding hydrogens is 425 g/mol. The van der Waals surface area contributed by atoms with Crippen molar-refractivity contribution in [3.63, 3.8) is 0 Å². The van der Waals surface area contributed by atoms with Gasteiger partial charge in [-0.15, -0.1) is 0 Å². The van der Waals surface area contributed by atoms with Crippen LogP contribution in [-0.4, -0.2) is 57.5 Å². The SMILES string of the molecule is O=C(O)CCC(=O)N1CCC2(CC1)NC(Cc1ccccc1)C(=O)N2Cc1ccccc1F. The molecule has 33 heavy (non-hydrogen) atoms. The molecule has 2 saturated heterocycles. The number of carboxylic acids is 1. The van der Waals surface area contributed by atoms with E-state index in [1.54, 1.807) is 28.0 Å². The second kappa shape index (κ2) is 9.70. The third-order valence-electron chi connectivity index (χ3n) is 6.59. The van der Waals surface area contributed by atoms with Gasteiger partial charge in [0, 0.05) is 37.9 Å². The average molecular weight is 454 g/mol. The number of likely N-dealkylation sites (tertiary alicyclic amines) is 1. The normalized spacial score (nSPS) is 19.8. The van der Waals surface area contributed by atoms with Gasteiger partial charge in [-0.05, 0) is 18.1 Å². The van der Waals surface area contributed by atoms with E-state index in [4.69, 9.17) is 5.11 Å². The Morgan fingerprint density at radius 3 is 2.36 bits per heavy atom. The summed E-state index contributed by atoms with van der Waals surface area (Å²) in [6, 6.07) is 15.8. The fourth-order valence-electron chi connectivity index (χ4n) is 4.79. The van der Waals surface area contributed by atoms with Crippen molar-refractivity contribution in [1.82, 2.24) is 15.1 Å². The lowest BCUT2D eigenvalue weighted by atomic mass is 9.95. The topological polar surface area (TPSA) is 90.0 Å². The van der Waals surface area contributed by atoms with Crippen molar-refractivity contribution >= 4 is 17.8 Å². The van der Waals surface area contributed by atoms with Gasteiger partial charge in [-0.1, -0.05) is 48.5 Å². The van der Waals surface area contributed by atoms with Crippen molar-refractivity contribution in [2.45, 2.75) is 50.4 Å². The summed E-state index contributed by atoms with van der Waals surface area (Å²) in [5, 5.41) is 12.4. The van der Waals surface area contributed by atoms with Crippen LogP contribution in [-0.2, 0) is 27.3 Å². The number of rotatable bonds is 7. The second-order valence-electron chi connectivity index (χ2n) is 8.71. The summed E-state index contributed by atoms with van der Waals surface area (Å²) >= 11 is 0. The van der Waals surface area contributed by atoms with Gasteiger partial charge in [0.1, 0.15) is 5.82 Å². The number of amides is 2. The Balaban J connectivity index is 1.53. The Bertz CT molecular complexity index is 1020. The molecular formula is C25H28FN3O4. The zero-order chi connectivity index (χ0) is 23.4. The molecule has 0 saturated carbocycles. The maximum Gasteiger partial charge on any atom is 0.303 e. The van der Waals surface area contributed by atoms with E-state index in [1.165, 1.54) is 6.07 Å². The second-order valence-corrected chi connectivity index (χ2v) is 8.71. The first-order valence-corrected chi connectivity index (χ1v) is 11.2. The molecule has 4 rings (SSSR count). The zero-order valence-electron chi connectivity index (χ0n) is 18.4. The first-order chi connectivity index (χ1) is 15.9. The van der Waals surface area contributed by atoms with E-state index < -0.39 is 17.7 Å². The molecule has 2 aliphatic heterocycles. The number of hydrogen-bond donors (Lipinski definition) is 2. The summed E-state index contributed by atoms with van der Waals surface area (Å²) in [4.78, 5) is 40.1. The van der Waals surface area contributed by atoms with Crippen molar-refractivity contribution in [2.75, 3.05) is 13.1 Å².